The number of aromatic nitrogens is 4. The predicted molar refractivity (Wildman–Crippen MR) is 102 cm³/mol. The molecule has 1 N–H and O–H groups in total. The van der Waals surface area contributed by atoms with Crippen molar-refractivity contribution in [3.63, 3.8) is 0 Å². The van der Waals surface area contributed by atoms with E-state index in [1.165, 1.54) is 23.2 Å². The quantitative estimate of drug-likeness (QED) is 0.549. The van der Waals surface area contributed by atoms with Crippen molar-refractivity contribution in [2.24, 2.45) is 0 Å². The summed E-state index contributed by atoms with van der Waals surface area (Å²) in [4.78, 5) is 22.1. The molecule has 0 saturated carbocycles. The lowest BCUT2D eigenvalue weighted by Crippen LogP contribution is -2.25. The van der Waals surface area contributed by atoms with E-state index in [4.69, 9.17) is 9.15 Å². The number of amides is 1. The molecule has 1 aliphatic heterocycles. The summed E-state index contributed by atoms with van der Waals surface area (Å²) in [5.74, 6) is -0.0478. The van der Waals surface area contributed by atoms with Gasteiger partial charge in [0.25, 0.3) is 5.89 Å². The molecule has 1 saturated heterocycles. The molecule has 150 valence electrons. The average molecular weight is 407 g/mol. The highest BCUT2D eigenvalue weighted by molar-refractivity contribution is 6.03. The van der Waals surface area contributed by atoms with Crippen molar-refractivity contribution < 1.29 is 23.4 Å². The van der Waals surface area contributed by atoms with Gasteiger partial charge in [-0.05, 0) is 29.8 Å². The average Bonchev–Trinajstić information content (AvgIpc) is 3.39. The maximum atomic E-state index is 13.1. The number of hydrogen-bond donors (Lipinski definition) is 1. The topological polar surface area (TPSA) is 114 Å². The zero-order valence-corrected chi connectivity index (χ0v) is 15.4. The second kappa shape index (κ2) is 7.07. The van der Waals surface area contributed by atoms with Crippen molar-refractivity contribution in [3.05, 3.63) is 59.9 Å². The van der Waals surface area contributed by atoms with E-state index in [1.54, 1.807) is 24.3 Å². The smallest absolute Gasteiger partial charge is 0.415 e. The Kier molecular flexibility index (Phi) is 4.24. The Hall–Kier alpha value is -4.08. The van der Waals surface area contributed by atoms with Gasteiger partial charge in [0, 0.05) is 11.6 Å². The Morgan fingerprint density at radius 1 is 1.17 bits per heavy atom. The van der Waals surface area contributed by atoms with Crippen molar-refractivity contribution in [1.82, 2.24) is 20.2 Å². The molecule has 0 aliphatic carbocycles. The molecule has 10 heteroatoms. The number of hydrogen-bond acceptors (Lipinski definition) is 8. The summed E-state index contributed by atoms with van der Waals surface area (Å²) in [5, 5.41) is 19.2. The predicted octanol–water partition coefficient (Wildman–Crippen LogP) is 3.07. The maximum absolute atomic E-state index is 13.1. The van der Waals surface area contributed by atoms with Crippen LogP contribution in [-0.2, 0) is 11.2 Å². The first-order valence-corrected chi connectivity index (χ1v) is 9.09. The fraction of sp³-hybridized carbons (Fsp3) is 0.150. The molecule has 4 aromatic rings. The molecule has 3 aromatic heterocycles. The number of nitrogens with zero attached hydrogens (tertiary/aromatic N) is 5. The van der Waals surface area contributed by atoms with E-state index in [9.17, 15) is 14.3 Å². The van der Waals surface area contributed by atoms with Crippen LogP contribution in [0.3, 0.4) is 0 Å². The van der Waals surface area contributed by atoms with Crippen LogP contribution in [0.4, 0.5) is 15.0 Å². The molecule has 5 rings (SSSR count). The van der Waals surface area contributed by atoms with Gasteiger partial charge in [-0.3, -0.25) is 9.88 Å². The lowest BCUT2D eigenvalue weighted by molar-refractivity contribution is 0.181. The molecular weight excluding hydrogens is 393 g/mol. The molecule has 30 heavy (non-hydrogen) atoms. The molecule has 4 heterocycles. The normalized spacial score (nSPS) is 13.8. The van der Waals surface area contributed by atoms with Gasteiger partial charge in [-0.15, -0.1) is 10.2 Å². The second-order valence-corrected chi connectivity index (χ2v) is 6.60. The maximum Gasteiger partial charge on any atom is 0.415 e. The van der Waals surface area contributed by atoms with Gasteiger partial charge < -0.3 is 14.3 Å². The van der Waals surface area contributed by atoms with Crippen LogP contribution in [0, 0.1) is 5.82 Å². The fourth-order valence-electron chi connectivity index (χ4n) is 3.24. The molecule has 1 aliphatic rings. The van der Waals surface area contributed by atoms with Gasteiger partial charge in [-0.2, -0.15) is 0 Å². The van der Waals surface area contributed by atoms with Crippen LogP contribution >= 0.6 is 0 Å². The molecule has 0 atom stereocenters. The number of halogens is 1. The van der Waals surface area contributed by atoms with Crippen LogP contribution < -0.4 is 4.90 Å². The Balaban J connectivity index is 1.57. The number of rotatable bonds is 4. The first-order valence-electron chi connectivity index (χ1n) is 9.09. The first-order chi connectivity index (χ1) is 14.6. The number of aromatic hydroxyl groups is 1. The van der Waals surface area contributed by atoms with Crippen LogP contribution in [0.15, 0.2) is 47.0 Å². The zero-order chi connectivity index (χ0) is 20.7. The minimum Gasteiger partial charge on any atom is -0.504 e. The van der Waals surface area contributed by atoms with Crippen LogP contribution in [0.2, 0.25) is 0 Å². The standard InChI is InChI=1S/C20H14FN5O4/c21-12-5-3-11(4-6-12)10-14-24-25-19(30-14)16-17(27)15-13(2-1-7-22-15)18(23-16)26-8-9-29-20(26)28/h1-7,27H,8-10H2. The van der Waals surface area contributed by atoms with E-state index >= 15 is 0 Å². The molecule has 9 nitrogen and oxygen atoms in total. The largest absolute Gasteiger partial charge is 0.504 e. The monoisotopic (exact) mass is 407 g/mol. The van der Waals surface area contributed by atoms with Gasteiger partial charge in [0.05, 0.1) is 13.0 Å². The third-order valence-electron chi connectivity index (χ3n) is 4.67. The van der Waals surface area contributed by atoms with Crippen molar-refractivity contribution >= 4 is 22.8 Å². The van der Waals surface area contributed by atoms with E-state index < -0.39 is 6.09 Å². The summed E-state index contributed by atoms with van der Waals surface area (Å²) < 4.78 is 23.8. The summed E-state index contributed by atoms with van der Waals surface area (Å²) in [5.41, 5.74) is 1.04. The molecule has 0 radical (unpaired) electrons. The van der Waals surface area contributed by atoms with E-state index in [-0.39, 0.29) is 53.4 Å². The lowest BCUT2D eigenvalue weighted by atomic mass is 10.1. The number of carbonyl (C=O) groups is 1. The summed E-state index contributed by atoms with van der Waals surface area (Å²) in [6.45, 7) is 0.556. The van der Waals surface area contributed by atoms with E-state index in [2.05, 4.69) is 20.2 Å². The Morgan fingerprint density at radius 2 is 2.00 bits per heavy atom. The van der Waals surface area contributed by atoms with Crippen molar-refractivity contribution in [2.75, 3.05) is 18.1 Å². The molecule has 1 fully saturated rings. The third-order valence-corrected chi connectivity index (χ3v) is 4.67. The van der Waals surface area contributed by atoms with Gasteiger partial charge in [-0.25, -0.2) is 14.2 Å². The molecule has 1 aromatic carbocycles. The minimum atomic E-state index is -0.535. The number of anilines is 1. The summed E-state index contributed by atoms with van der Waals surface area (Å²) in [7, 11) is 0. The van der Waals surface area contributed by atoms with Gasteiger partial charge in [0.2, 0.25) is 5.89 Å². The lowest BCUT2D eigenvalue weighted by Gasteiger charge is -2.15. The third kappa shape index (κ3) is 3.08. The van der Waals surface area contributed by atoms with Gasteiger partial charge in [-0.1, -0.05) is 12.1 Å². The van der Waals surface area contributed by atoms with E-state index in [1.807, 2.05) is 0 Å². The first kappa shape index (κ1) is 18.0. The number of carbonyl (C=O) groups excluding carboxylic acids is 1. The molecule has 1 amide bonds. The number of pyridine rings is 2. The minimum absolute atomic E-state index is 0.00811. The van der Waals surface area contributed by atoms with E-state index in [0.29, 0.717) is 11.9 Å². The Bertz CT molecular complexity index is 1260. The van der Waals surface area contributed by atoms with Crippen LogP contribution in [0.5, 0.6) is 5.75 Å². The van der Waals surface area contributed by atoms with E-state index in [0.717, 1.165) is 5.56 Å². The molecule has 0 unspecified atom stereocenters. The second-order valence-electron chi connectivity index (χ2n) is 6.60. The van der Waals surface area contributed by atoms with Crippen molar-refractivity contribution in [3.8, 4) is 17.3 Å². The highest BCUT2D eigenvalue weighted by Crippen LogP contribution is 2.38. The number of fused-ring (bicyclic) bond motifs is 1. The zero-order valence-electron chi connectivity index (χ0n) is 15.4. The van der Waals surface area contributed by atoms with Crippen LogP contribution in [-0.4, -0.2) is 44.5 Å². The highest BCUT2D eigenvalue weighted by atomic mass is 19.1. The Labute approximate surface area is 168 Å². The highest BCUT2D eigenvalue weighted by Gasteiger charge is 2.30. The number of benzene rings is 1. The molecule has 0 bridgehead atoms. The van der Waals surface area contributed by atoms with Gasteiger partial charge >= 0.3 is 6.09 Å². The van der Waals surface area contributed by atoms with Gasteiger partial charge in [0.15, 0.2) is 11.4 Å². The van der Waals surface area contributed by atoms with Crippen molar-refractivity contribution in [2.45, 2.75) is 6.42 Å². The molecule has 0 spiro atoms. The van der Waals surface area contributed by atoms with Crippen LogP contribution in [0.25, 0.3) is 22.5 Å². The Morgan fingerprint density at radius 3 is 2.77 bits per heavy atom. The fourth-order valence-corrected chi connectivity index (χ4v) is 3.24. The summed E-state index contributed by atoms with van der Waals surface area (Å²) in [6.07, 6.45) is 1.27. The van der Waals surface area contributed by atoms with Crippen molar-refractivity contribution in [1.29, 1.82) is 0 Å². The number of cyclic esters (lactones) is 1. The van der Waals surface area contributed by atoms with Crippen LogP contribution in [0.1, 0.15) is 11.5 Å². The summed E-state index contributed by atoms with van der Waals surface area (Å²) in [6, 6.07) is 9.31. The number of ether oxygens (including phenoxy) is 1. The van der Waals surface area contributed by atoms with Gasteiger partial charge in [0.1, 0.15) is 23.8 Å². The molecular formula is C20H14FN5O4. The summed E-state index contributed by atoms with van der Waals surface area (Å²) >= 11 is 0. The SMILES string of the molecule is O=C1OCCN1c1nc(-c2nnc(Cc3ccc(F)cc3)o2)c(O)c2ncccc12.